The molecule has 0 amide bonds. The van der Waals surface area contributed by atoms with Gasteiger partial charge in [0.1, 0.15) is 6.26 Å². The second-order valence-corrected chi connectivity index (χ2v) is 5.02. The van der Waals surface area contributed by atoms with Gasteiger partial charge in [0.05, 0.1) is 5.69 Å². The average Bonchev–Trinajstić information content (AvgIpc) is 3.09. The maximum absolute atomic E-state index is 5.56. The summed E-state index contributed by atoms with van der Waals surface area (Å²) in [6.07, 6.45) is 2.98. The molecule has 1 atom stereocenters. The first kappa shape index (κ1) is 12.4. The van der Waals surface area contributed by atoms with Crippen molar-refractivity contribution in [1.29, 1.82) is 0 Å². The molecule has 1 fully saturated rings. The molecule has 4 heteroatoms. The maximum atomic E-state index is 5.56. The third kappa shape index (κ3) is 2.85. The Morgan fingerprint density at radius 3 is 2.95 bits per heavy atom. The molecule has 2 aromatic rings. The lowest BCUT2D eigenvalue weighted by Crippen LogP contribution is -2.29. The van der Waals surface area contributed by atoms with Crippen LogP contribution in [-0.2, 0) is 6.54 Å². The molecule has 4 nitrogen and oxygen atoms in total. The molecule has 0 aliphatic carbocycles. The minimum Gasteiger partial charge on any atom is -0.444 e. The van der Waals surface area contributed by atoms with Crippen LogP contribution in [0.1, 0.15) is 12.1 Å². The molecule has 0 bridgehead atoms. The Kier molecular flexibility index (Phi) is 3.62. The van der Waals surface area contributed by atoms with E-state index in [-0.39, 0.29) is 0 Å². The van der Waals surface area contributed by atoms with Crippen molar-refractivity contribution < 1.29 is 4.42 Å². The molecule has 19 heavy (non-hydrogen) atoms. The number of nitrogens with zero attached hydrogens (tertiary/aromatic N) is 2. The van der Waals surface area contributed by atoms with Crippen molar-refractivity contribution in [3.8, 4) is 11.5 Å². The van der Waals surface area contributed by atoms with Gasteiger partial charge >= 0.3 is 0 Å². The normalized spacial score (nSPS) is 19.9. The molecule has 0 spiro atoms. The Hall–Kier alpha value is -1.65. The molecule has 100 valence electrons. The van der Waals surface area contributed by atoms with E-state index in [1.807, 2.05) is 37.4 Å². The van der Waals surface area contributed by atoms with Crippen LogP contribution >= 0.6 is 0 Å². The van der Waals surface area contributed by atoms with Crippen molar-refractivity contribution in [2.45, 2.75) is 19.0 Å². The Labute approximate surface area is 113 Å². The summed E-state index contributed by atoms with van der Waals surface area (Å²) in [6, 6.07) is 10.6. The predicted molar refractivity (Wildman–Crippen MR) is 74.7 cm³/mol. The van der Waals surface area contributed by atoms with Gasteiger partial charge < -0.3 is 9.73 Å². The number of hydrogen-bond acceptors (Lipinski definition) is 4. The van der Waals surface area contributed by atoms with E-state index < -0.39 is 0 Å². The summed E-state index contributed by atoms with van der Waals surface area (Å²) in [6.45, 7) is 3.08. The van der Waals surface area contributed by atoms with Crippen LogP contribution < -0.4 is 5.32 Å². The van der Waals surface area contributed by atoms with E-state index in [0.29, 0.717) is 11.9 Å². The van der Waals surface area contributed by atoms with Gasteiger partial charge in [-0.1, -0.05) is 18.2 Å². The summed E-state index contributed by atoms with van der Waals surface area (Å²) >= 11 is 0. The number of nitrogens with one attached hydrogen (secondary N) is 1. The van der Waals surface area contributed by atoms with Crippen LogP contribution in [-0.4, -0.2) is 36.1 Å². The van der Waals surface area contributed by atoms with Crippen molar-refractivity contribution in [2.24, 2.45) is 0 Å². The molecule has 1 N–H and O–H groups in total. The van der Waals surface area contributed by atoms with Crippen molar-refractivity contribution in [2.75, 3.05) is 20.1 Å². The van der Waals surface area contributed by atoms with E-state index in [0.717, 1.165) is 30.9 Å². The molecule has 3 rings (SSSR count). The van der Waals surface area contributed by atoms with E-state index in [1.54, 1.807) is 6.26 Å². The Balaban J connectivity index is 1.66. The van der Waals surface area contributed by atoms with Gasteiger partial charge in [-0.25, -0.2) is 4.98 Å². The number of benzene rings is 1. The topological polar surface area (TPSA) is 41.3 Å². The summed E-state index contributed by atoms with van der Waals surface area (Å²) in [5.41, 5.74) is 2.04. The zero-order valence-corrected chi connectivity index (χ0v) is 11.2. The van der Waals surface area contributed by atoms with Crippen molar-refractivity contribution in [3.63, 3.8) is 0 Å². The summed E-state index contributed by atoms with van der Waals surface area (Å²) in [4.78, 5) is 6.98. The fourth-order valence-electron chi connectivity index (χ4n) is 2.53. The zero-order chi connectivity index (χ0) is 13.1. The van der Waals surface area contributed by atoms with Crippen LogP contribution in [0.4, 0.5) is 0 Å². The Bertz CT molecular complexity index is 523. The fourth-order valence-corrected chi connectivity index (χ4v) is 2.53. The molecule has 1 aromatic carbocycles. The molecule has 0 radical (unpaired) electrons. The lowest BCUT2D eigenvalue weighted by molar-refractivity contribution is 0.318. The van der Waals surface area contributed by atoms with E-state index in [2.05, 4.69) is 15.2 Å². The highest BCUT2D eigenvalue weighted by Crippen LogP contribution is 2.19. The van der Waals surface area contributed by atoms with Crippen molar-refractivity contribution in [1.82, 2.24) is 15.2 Å². The number of aromatic nitrogens is 1. The van der Waals surface area contributed by atoms with Gasteiger partial charge in [-0.15, -0.1) is 0 Å². The molecular formula is C15H19N3O. The quantitative estimate of drug-likeness (QED) is 0.911. The fraction of sp³-hybridized carbons (Fsp3) is 0.400. The second-order valence-electron chi connectivity index (χ2n) is 5.02. The van der Waals surface area contributed by atoms with Gasteiger partial charge in [-0.2, -0.15) is 0 Å². The molecule has 1 aliphatic rings. The average molecular weight is 257 g/mol. The molecular weight excluding hydrogens is 238 g/mol. The third-order valence-electron chi connectivity index (χ3n) is 3.64. The lowest BCUT2D eigenvalue weighted by Gasteiger charge is -2.13. The summed E-state index contributed by atoms with van der Waals surface area (Å²) in [5.74, 6) is 0.708. The maximum Gasteiger partial charge on any atom is 0.226 e. The van der Waals surface area contributed by atoms with Crippen LogP contribution in [0.3, 0.4) is 0 Å². The first-order valence-electron chi connectivity index (χ1n) is 6.74. The Morgan fingerprint density at radius 2 is 2.21 bits per heavy atom. The van der Waals surface area contributed by atoms with Gasteiger partial charge in [-0.3, -0.25) is 4.90 Å². The third-order valence-corrected chi connectivity index (χ3v) is 3.64. The largest absolute Gasteiger partial charge is 0.444 e. The summed E-state index contributed by atoms with van der Waals surface area (Å²) in [5, 5.41) is 3.33. The standard InChI is InChI=1S/C15H19N3O/c1-16-13-7-8-18(9-13)10-14-11-19-15(17-14)12-5-3-2-4-6-12/h2-6,11,13,16H,7-10H2,1H3. The number of likely N-dealkylation sites (tertiary alicyclic amines) is 1. The minimum atomic E-state index is 0.612. The van der Waals surface area contributed by atoms with Gasteiger partial charge in [-0.05, 0) is 25.6 Å². The molecule has 1 aliphatic heterocycles. The van der Waals surface area contributed by atoms with Crippen LogP contribution in [0.2, 0.25) is 0 Å². The number of rotatable bonds is 4. The van der Waals surface area contributed by atoms with Crippen LogP contribution in [0, 0.1) is 0 Å². The van der Waals surface area contributed by atoms with E-state index in [1.165, 1.54) is 6.42 Å². The van der Waals surface area contributed by atoms with Crippen LogP contribution in [0.25, 0.3) is 11.5 Å². The first-order chi connectivity index (χ1) is 9.35. The number of oxazole rings is 1. The SMILES string of the molecule is CNC1CCN(Cc2coc(-c3ccccc3)n2)C1. The van der Waals surface area contributed by atoms with E-state index in [4.69, 9.17) is 4.42 Å². The summed E-state index contributed by atoms with van der Waals surface area (Å²) < 4.78 is 5.56. The van der Waals surface area contributed by atoms with Crippen LogP contribution in [0.15, 0.2) is 41.0 Å². The van der Waals surface area contributed by atoms with Crippen LogP contribution in [0.5, 0.6) is 0 Å². The van der Waals surface area contributed by atoms with Gasteiger partial charge in [0.2, 0.25) is 5.89 Å². The first-order valence-corrected chi connectivity index (χ1v) is 6.74. The minimum absolute atomic E-state index is 0.612. The molecule has 0 saturated carbocycles. The monoisotopic (exact) mass is 257 g/mol. The van der Waals surface area contributed by atoms with Crippen molar-refractivity contribution >= 4 is 0 Å². The highest BCUT2D eigenvalue weighted by Gasteiger charge is 2.21. The number of likely N-dealkylation sites (N-methyl/N-ethyl adjacent to an activating group) is 1. The lowest BCUT2D eigenvalue weighted by atomic mass is 10.2. The highest BCUT2D eigenvalue weighted by molar-refractivity contribution is 5.52. The molecule has 1 aromatic heterocycles. The second kappa shape index (κ2) is 5.55. The van der Waals surface area contributed by atoms with Gasteiger partial charge in [0.15, 0.2) is 0 Å². The molecule has 1 unspecified atom stereocenters. The van der Waals surface area contributed by atoms with Gasteiger partial charge in [0.25, 0.3) is 0 Å². The summed E-state index contributed by atoms with van der Waals surface area (Å²) in [7, 11) is 2.03. The van der Waals surface area contributed by atoms with Crippen molar-refractivity contribution in [3.05, 3.63) is 42.3 Å². The zero-order valence-electron chi connectivity index (χ0n) is 11.2. The number of hydrogen-bond donors (Lipinski definition) is 1. The van der Waals surface area contributed by atoms with E-state index in [9.17, 15) is 0 Å². The highest BCUT2D eigenvalue weighted by atomic mass is 16.3. The molecule has 1 saturated heterocycles. The molecule has 2 heterocycles. The Morgan fingerprint density at radius 1 is 1.37 bits per heavy atom. The predicted octanol–water partition coefficient (Wildman–Crippen LogP) is 2.14. The van der Waals surface area contributed by atoms with Gasteiger partial charge in [0, 0.05) is 31.2 Å². The smallest absolute Gasteiger partial charge is 0.226 e. The van der Waals surface area contributed by atoms with E-state index >= 15 is 0 Å².